The van der Waals surface area contributed by atoms with Crippen LogP contribution in [0.5, 0.6) is 0 Å². The Hall–Kier alpha value is -2.56. The maximum Gasteiger partial charge on any atom is 0.357 e. The van der Waals surface area contributed by atoms with Crippen molar-refractivity contribution in [2.75, 3.05) is 12.4 Å². The third-order valence-corrected chi connectivity index (χ3v) is 5.09. The molecule has 0 saturated carbocycles. The van der Waals surface area contributed by atoms with Crippen molar-refractivity contribution in [1.82, 2.24) is 9.97 Å². The van der Waals surface area contributed by atoms with Crippen molar-refractivity contribution in [1.29, 1.82) is 0 Å². The van der Waals surface area contributed by atoms with Gasteiger partial charge in [-0.2, -0.15) is 0 Å². The van der Waals surface area contributed by atoms with Crippen LogP contribution in [0.4, 0.5) is 10.2 Å². The zero-order valence-electron chi connectivity index (χ0n) is 14.3. The van der Waals surface area contributed by atoms with Crippen LogP contribution in [0, 0.1) is 5.82 Å². The molecule has 0 aliphatic heterocycles. The Morgan fingerprint density at radius 2 is 2.22 bits per heavy atom. The van der Waals surface area contributed by atoms with Gasteiger partial charge in [-0.25, -0.2) is 19.2 Å². The average Bonchev–Trinajstić information content (AvgIpc) is 2.64. The third-order valence-electron chi connectivity index (χ3n) is 3.03. The van der Waals surface area contributed by atoms with E-state index in [-0.39, 0.29) is 4.90 Å². The first-order valence-corrected chi connectivity index (χ1v) is 9.13. The first kappa shape index (κ1) is 20.7. The molecular weight excluding hydrogens is 391 g/mol. The molecule has 0 spiro atoms. The monoisotopic (exact) mass is 408 g/mol. The molecule has 2 aromatic rings. The van der Waals surface area contributed by atoms with Gasteiger partial charge in [0.1, 0.15) is 5.82 Å². The van der Waals surface area contributed by atoms with Gasteiger partial charge >= 0.3 is 5.97 Å². The number of ether oxygens (including phenoxy) is 1. The minimum Gasteiger partial charge on any atom is -0.476 e. The molecule has 2 heterocycles. The van der Waals surface area contributed by atoms with Crippen LogP contribution in [-0.4, -0.2) is 28.2 Å². The lowest BCUT2D eigenvalue weighted by Gasteiger charge is -2.11. The van der Waals surface area contributed by atoms with Crippen LogP contribution in [0.1, 0.15) is 16.1 Å². The molecular formula is C17H17FN4O3S2. The van der Waals surface area contributed by atoms with Gasteiger partial charge in [0.25, 0.3) is 0 Å². The predicted octanol–water partition coefficient (Wildman–Crippen LogP) is 3.63. The number of carboxylic acid groups (broad SMARTS) is 1. The summed E-state index contributed by atoms with van der Waals surface area (Å²) in [5.41, 5.74) is 5.90. The summed E-state index contributed by atoms with van der Waals surface area (Å²) in [5, 5.41) is 12.5. The number of hydrogen-bond donors (Lipinski definition) is 3. The van der Waals surface area contributed by atoms with Crippen LogP contribution in [0.25, 0.3) is 0 Å². The van der Waals surface area contributed by atoms with Crippen molar-refractivity contribution in [3.05, 3.63) is 69.7 Å². The van der Waals surface area contributed by atoms with Gasteiger partial charge < -0.3 is 20.9 Å². The van der Waals surface area contributed by atoms with E-state index in [1.165, 1.54) is 30.2 Å². The number of nitrogens with one attached hydrogen (secondary N) is 1. The van der Waals surface area contributed by atoms with Crippen molar-refractivity contribution < 1.29 is 19.0 Å². The van der Waals surface area contributed by atoms with E-state index >= 15 is 0 Å². The number of pyridine rings is 2. The summed E-state index contributed by atoms with van der Waals surface area (Å²) >= 11 is 2.14. The number of nitrogens with zero attached hydrogens (tertiary/aromatic N) is 2. The molecule has 0 aromatic carbocycles. The molecule has 142 valence electrons. The van der Waals surface area contributed by atoms with Crippen molar-refractivity contribution >= 4 is 35.3 Å². The molecule has 0 amide bonds. The fourth-order valence-corrected chi connectivity index (χ4v) is 3.70. The average molecular weight is 408 g/mol. The minimum absolute atomic E-state index is 0.0986. The highest BCUT2D eigenvalue weighted by atomic mass is 32.2. The van der Waals surface area contributed by atoms with Crippen LogP contribution in [0.3, 0.4) is 0 Å². The van der Waals surface area contributed by atoms with E-state index in [4.69, 9.17) is 15.6 Å². The normalized spacial score (nSPS) is 11.3. The van der Waals surface area contributed by atoms with E-state index in [1.54, 1.807) is 19.4 Å². The Kier molecular flexibility index (Phi) is 7.65. The number of rotatable bonds is 9. The third kappa shape index (κ3) is 5.98. The van der Waals surface area contributed by atoms with E-state index in [0.29, 0.717) is 21.7 Å². The largest absolute Gasteiger partial charge is 0.476 e. The van der Waals surface area contributed by atoms with E-state index in [0.717, 1.165) is 17.3 Å². The molecule has 10 heteroatoms. The van der Waals surface area contributed by atoms with Gasteiger partial charge in [-0.1, -0.05) is 36.2 Å². The second-order valence-corrected chi connectivity index (χ2v) is 7.48. The van der Waals surface area contributed by atoms with E-state index in [2.05, 4.69) is 21.9 Å². The Bertz CT molecular complexity index is 860. The number of aromatic nitrogens is 2. The van der Waals surface area contributed by atoms with Crippen molar-refractivity contribution in [3.8, 4) is 0 Å². The highest BCUT2D eigenvalue weighted by Crippen LogP contribution is 2.39. The molecule has 7 nitrogen and oxygen atoms in total. The Morgan fingerprint density at radius 1 is 1.44 bits per heavy atom. The minimum atomic E-state index is -1.44. The van der Waals surface area contributed by atoms with Crippen LogP contribution in [0.2, 0.25) is 0 Å². The van der Waals surface area contributed by atoms with Gasteiger partial charge in [-0.15, -0.1) is 0 Å². The molecule has 0 aliphatic carbocycles. The number of carboxylic acids is 1. The molecule has 0 aliphatic rings. The number of aromatic carboxylic acids is 1. The van der Waals surface area contributed by atoms with Gasteiger partial charge in [0.15, 0.2) is 11.5 Å². The van der Waals surface area contributed by atoms with Crippen molar-refractivity contribution in [2.45, 2.75) is 11.5 Å². The predicted molar refractivity (Wildman–Crippen MR) is 105 cm³/mol. The van der Waals surface area contributed by atoms with E-state index < -0.39 is 17.5 Å². The summed E-state index contributed by atoms with van der Waals surface area (Å²) in [7, 11) is 1.61. The lowest BCUT2D eigenvalue weighted by molar-refractivity contribution is 0.0684. The molecule has 0 atom stereocenters. The summed E-state index contributed by atoms with van der Waals surface area (Å²) < 4.78 is 19.7. The van der Waals surface area contributed by atoms with Gasteiger partial charge in [-0.05, 0) is 17.7 Å². The zero-order valence-corrected chi connectivity index (χ0v) is 15.9. The summed E-state index contributed by atoms with van der Waals surface area (Å²) in [5.74, 6) is -1.77. The topological polar surface area (TPSA) is 110 Å². The molecule has 0 saturated heterocycles. The maximum absolute atomic E-state index is 14.2. The second kappa shape index (κ2) is 9.95. The fraction of sp³-hybridized carbons (Fsp3) is 0.118. The SMILES string of the molecule is C=C(Nc1ccc(COC)cn1)S/C(=C\N)Sc1ccnc(C(=O)O)c1F. The zero-order chi connectivity index (χ0) is 19.8. The van der Waals surface area contributed by atoms with E-state index in [9.17, 15) is 9.18 Å². The van der Waals surface area contributed by atoms with Crippen LogP contribution in [0.15, 0.2) is 57.5 Å². The molecule has 0 unspecified atom stereocenters. The molecule has 4 N–H and O–H groups in total. The summed E-state index contributed by atoms with van der Waals surface area (Å²) in [6.07, 6.45) is 4.20. The molecule has 2 aromatic heterocycles. The summed E-state index contributed by atoms with van der Waals surface area (Å²) in [6.45, 7) is 4.35. The van der Waals surface area contributed by atoms with Crippen molar-refractivity contribution in [3.63, 3.8) is 0 Å². The highest BCUT2D eigenvalue weighted by Gasteiger charge is 2.17. The smallest absolute Gasteiger partial charge is 0.357 e. The highest BCUT2D eigenvalue weighted by molar-refractivity contribution is 8.24. The molecule has 0 fully saturated rings. The van der Waals surface area contributed by atoms with E-state index in [1.807, 2.05) is 6.07 Å². The van der Waals surface area contributed by atoms with Gasteiger partial charge in [0, 0.05) is 25.7 Å². The summed E-state index contributed by atoms with van der Waals surface area (Å²) in [6, 6.07) is 5.02. The molecule has 2 rings (SSSR count). The number of hydrogen-bond acceptors (Lipinski definition) is 8. The molecule has 0 radical (unpaired) electrons. The second-order valence-electron chi connectivity index (χ2n) is 5.00. The van der Waals surface area contributed by atoms with Crippen LogP contribution >= 0.6 is 23.5 Å². The Balaban J connectivity index is 2.01. The van der Waals surface area contributed by atoms with Crippen LogP contribution < -0.4 is 11.1 Å². The number of anilines is 1. The lowest BCUT2D eigenvalue weighted by Crippen LogP contribution is -2.04. The van der Waals surface area contributed by atoms with Crippen molar-refractivity contribution in [2.24, 2.45) is 5.73 Å². The maximum atomic E-state index is 14.2. The van der Waals surface area contributed by atoms with Gasteiger partial charge in [0.2, 0.25) is 0 Å². The van der Waals surface area contributed by atoms with Gasteiger partial charge in [-0.3, -0.25) is 0 Å². The number of thioether (sulfide) groups is 2. The summed E-state index contributed by atoms with van der Waals surface area (Å²) in [4.78, 5) is 18.8. The number of carbonyl (C=O) groups is 1. The van der Waals surface area contributed by atoms with Gasteiger partial charge in [0.05, 0.1) is 20.8 Å². The first-order chi connectivity index (χ1) is 12.9. The fourth-order valence-electron chi connectivity index (χ4n) is 1.89. The quantitative estimate of drug-likeness (QED) is 0.536. The lowest BCUT2D eigenvalue weighted by atomic mass is 10.3. The molecule has 0 bridgehead atoms. The number of nitrogens with two attached hydrogens (primary N) is 1. The first-order valence-electron chi connectivity index (χ1n) is 7.49. The number of halogens is 1. The Labute approximate surface area is 163 Å². The molecule has 27 heavy (non-hydrogen) atoms. The Morgan fingerprint density at radius 3 is 2.81 bits per heavy atom. The number of methoxy groups -OCH3 is 1. The standard InChI is InChI=1S/C17H17FN4O3S2/c1-10(22-13-4-3-11(8-21-13)9-25-2)26-14(7-19)27-12-5-6-20-16(15(12)18)17(23)24/h3-8H,1,9,19H2,2H3,(H,21,22)(H,23,24)/b14-7+. The van der Waals surface area contributed by atoms with Crippen LogP contribution in [-0.2, 0) is 11.3 Å².